The van der Waals surface area contributed by atoms with Gasteiger partial charge in [0.1, 0.15) is 0 Å². The van der Waals surface area contributed by atoms with E-state index in [1.54, 1.807) is 0 Å². The van der Waals surface area contributed by atoms with Gasteiger partial charge in [0.05, 0.1) is 0 Å². The maximum Gasteiger partial charge on any atom is -0.0228 e. The Morgan fingerprint density at radius 3 is 2.73 bits per heavy atom. The normalized spacial score (nSPS) is 10.7. The third-order valence-electron chi connectivity index (χ3n) is 1.73. The first-order chi connectivity index (χ1) is 5.38. The van der Waals surface area contributed by atoms with Crippen LogP contribution in [-0.4, -0.2) is 0 Å². The highest BCUT2D eigenvalue weighted by atomic mass is 14.0. The van der Waals surface area contributed by atoms with Gasteiger partial charge in [-0.2, -0.15) is 0 Å². The molecule has 0 amide bonds. The molecule has 1 rings (SSSR count). The van der Waals surface area contributed by atoms with Gasteiger partial charge in [-0.15, -0.1) is 0 Å². The molecule has 0 aromatic heterocycles. The van der Waals surface area contributed by atoms with Gasteiger partial charge >= 0.3 is 0 Å². The number of aryl methyl sites for hydroxylation is 1. The third kappa shape index (κ3) is 1.94. The molecule has 11 heavy (non-hydrogen) atoms. The van der Waals surface area contributed by atoms with Gasteiger partial charge < -0.3 is 0 Å². The fourth-order valence-electron chi connectivity index (χ4n) is 1.15. The molecule has 0 atom stereocenters. The molecular formula is C11H13. The van der Waals surface area contributed by atoms with Gasteiger partial charge in [-0.3, -0.25) is 0 Å². The summed E-state index contributed by atoms with van der Waals surface area (Å²) in [5.41, 5.74) is 2.66. The zero-order valence-corrected chi connectivity index (χ0v) is 6.88. The molecule has 1 radical (unpaired) electrons. The van der Waals surface area contributed by atoms with Crippen LogP contribution in [0.3, 0.4) is 0 Å². The minimum atomic E-state index is 1.08. The van der Waals surface area contributed by atoms with E-state index in [1.165, 1.54) is 11.1 Å². The fraction of sp³-hybridized carbons (Fsp3) is 0.182. The highest BCUT2D eigenvalue weighted by Gasteiger charge is 1.92. The minimum absolute atomic E-state index is 1.08. The molecule has 0 spiro atoms. The molecule has 0 heteroatoms. The van der Waals surface area contributed by atoms with Crippen molar-refractivity contribution >= 4 is 6.08 Å². The van der Waals surface area contributed by atoms with Crippen molar-refractivity contribution in [3.05, 3.63) is 48.4 Å². The third-order valence-corrected chi connectivity index (χ3v) is 1.73. The van der Waals surface area contributed by atoms with E-state index in [4.69, 9.17) is 0 Å². The molecule has 0 aliphatic carbocycles. The second-order valence-electron chi connectivity index (χ2n) is 2.45. The lowest BCUT2D eigenvalue weighted by Crippen LogP contribution is -1.83. The summed E-state index contributed by atoms with van der Waals surface area (Å²) in [4.78, 5) is 0. The van der Waals surface area contributed by atoms with Crippen LogP contribution >= 0.6 is 0 Å². The van der Waals surface area contributed by atoms with Crippen LogP contribution in [0.25, 0.3) is 6.08 Å². The predicted octanol–water partition coefficient (Wildman–Crippen LogP) is 3.10. The topological polar surface area (TPSA) is 0 Å². The van der Waals surface area contributed by atoms with Gasteiger partial charge in [0, 0.05) is 0 Å². The number of benzene rings is 1. The lowest BCUT2D eigenvalue weighted by molar-refractivity contribution is 1.13. The summed E-state index contributed by atoms with van der Waals surface area (Å²) < 4.78 is 0. The van der Waals surface area contributed by atoms with E-state index in [2.05, 4.69) is 38.1 Å². The Balaban J connectivity index is 3.02. The Labute approximate surface area is 68.6 Å². The van der Waals surface area contributed by atoms with E-state index in [0.29, 0.717) is 0 Å². The molecule has 0 saturated heterocycles. The number of hydrogen-bond donors (Lipinski definition) is 0. The first kappa shape index (κ1) is 8.06. The van der Waals surface area contributed by atoms with Crippen LogP contribution in [0.4, 0.5) is 0 Å². The quantitative estimate of drug-likeness (QED) is 0.600. The van der Waals surface area contributed by atoms with Crippen molar-refractivity contribution in [3.63, 3.8) is 0 Å². The lowest BCUT2D eigenvalue weighted by atomic mass is 10.1. The van der Waals surface area contributed by atoms with Gasteiger partial charge in [0.25, 0.3) is 0 Å². The minimum Gasteiger partial charge on any atom is -0.0836 e. The molecular weight excluding hydrogens is 132 g/mol. The smallest absolute Gasteiger partial charge is 0.0228 e. The molecule has 0 saturated carbocycles. The molecule has 0 aliphatic rings. The van der Waals surface area contributed by atoms with Crippen molar-refractivity contribution in [2.45, 2.75) is 13.3 Å². The van der Waals surface area contributed by atoms with Crippen LogP contribution in [0.15, 0.2) is 30.3 Å². The zero-order valence-electron chi connectivity index (χ0n) is 6.88. The van der Waals surface area contributed by atoms with E-state index in [0.717, 1.165) is 6.42 Å². The van der Waals surface area contributed by atoms with Crippen molar-refractivity contribution in [2.75, 3.05) is 0 Å². The van der Waals surface area contributed by atoms with Crippen molar-refractivity contribution in [1.29, 1.82) is 0 Å². The molecule has 0 unspecified atom stereocenters. The van der Waals surface area contributed by atoms with Gasteiger partial charge in [0.2, 0.25) is 0 Å². The highest BCUT2D eigenvalue weighted by Crippen LogP contribution is 2.10. The summed E-state index contributed by atoms with van der Waals surface area (Å²) in [5.74, 6) is 0. The monoisotopic (exact) mass is 145 g/mol. The predicted molar refractivity (Wildman–Crippen MR) is 50.2 cm³/mol. The first-order valence-electron chi connectivity index (χ1n) is 3.92. The summed E-state index contributed by atoms with van der Waals surface area (Å²) in [5, 5.41) is 0. The SMILES string of the molecule is [CH2]C=Cc1ccccc1CC. The molecule has 0 fully saturated rings. The lowest BCUT2D eigenvalue weighted by Gasteiger charge is -2.00. The number of rotatable bonds is 2. The van der Waals surface area contributed by atoms with Crippen LogP contribution in [0.1, 0.15) is 18.1 Å². The average molecular weight is 145 g/mol. The Bertz CT molecular complexity index is 246. The summed E-state index contributed by atoms with van der Waals surface area (Å²) in [6, 6.07) is 8.38. The van der Waals surface area contributed by atoms with Gasteiger partial charge in [-0.1, -0.05) is 43.3 Å². The highest BCUT2D eigenvalue weighted by molar-refractivity contribution is 5.53. The Kier molecular flexibility index (Phi) is 2.91. The molecule has 0 bridgehead atoms. The van der Waals surface area contributed by atoms with E-state index >= 15 is 0 Å². The van der Waals surface area contributed by atoms with Crippen LogP contribution in [0.5, 0.6) is 0 Å². The molecule has 57 valence electrons. The molecule has 1 aromatic rings. The molecule has 0 aliphatic heterocycles. The van der Waals surface area contributed by atoms with Crippen LogP contribution in [0, 0.1) is 6.92 Å². The number of hydrogen-bond acceptors (Lipinski definition) is 0. The summed E-state index contributed by atoms with van der Waals surface area (Å²) >= 11 is 0. The van der Waals surface area contributed by atoms with Gasteiger partial charge in [-0.25, -0.2) is 0 Å². The zero-order chi connectivity index (χ0) is 8.10. The van der Waals surface area contributed by atoms with E-state index in [-0.39, 0.29) is 0 Å². The Morgan fingerprint density at radius 2 is 2.09 bits per heavy atom. The Morgan fingerprint density at radius 1 is 1.36 bits per heavy atom. The van der Waals surface area contributed by atoms with E-state index in [9.17, 15) is 0 Å². The fourth-order valence-corrected chi connectivity index (χ4v) is 1.15. The molecule has 0 nitrogen and oxygen atoms in total. The van der Waals surface area contributed by atoms with Crippen molar-refractivity contribution in [3.8, 4) is 0 Å². The van der Waals surface area contributed by atoms with E-state index in [1.807, 2.05) is 12.2 Å². The molecule has 0 N–H and O–H groups in total. The molecule has 1 aromatic carbocycles. The van der Waals surface area contributed by atoms with Crippen LogP contribution in [0.2, 0.25) is 0 Å². The summed E-state index contributed by atoms with van der Waals surface area (Å²) in [6.07, 6.45) is 4.95. The van der Waals surface area contributed by atoms with Gasteiger partial charge in [-0.05, 0) is 24.5 Å². The molecule has 0 heterocycles. The first-order valence-corrected chi connectivity index (χ1v) is 3.92. The van der Waals surface area contributed by atoms with Crippen molar-refractivity contribution in [1.82, 2.24) is 0 Å². The Hall–Kier alpha value is -1.04. The van der Waals surface area contributed by atoms with Gasteiger partial charge in [0.15, 0.2) is 0 Å². The summed E-state index contributed by atoms with van der Waals surface area (Å²) in [6.45, 7) is 5.84. The largest absolute Gasteiger partial charge is 0.0836 e. The second-order valence-corrected chi connectivity index (χ2v) is 2.45. The maximum atomic E-state index is 3.68. The van der Waals surface area contributed by atoms with Crippen LogP contribution < -0.4 is 0 Å². The standard InChI is InChI=1S/C11H13/c1-3-7-11-9-6-5-8-10(11)4-2/h3,5-9H,1,4H2,2H3. The maximum absolute atomic E-state index is 3.68. The van der Waals surface area contributed by atoms with Crippen molar-refractivity contribution in [2.24, 2.45) is 0 Å². The second kappa shape index (κ2) is 3.97. The van der Waals surface area contributed by atoms with E-state index < -0.39 is 0 Å². The summed E-state index contributed by atoms with van der Waals surface area (Å²) in [7, 11) is 0. The average Bonchev–Trinajstić information content (AvgIpc) is 2.06. The van der Waals surface area contributed by atoms with Crippen molar-refractivity contribution < 1.29 is 0 Å². The van der Waals surface area contributed by atoms with Crippen LogP contribution in [-0.2, 0) is 6.42 Å². The number of allylic oxidation sites excluding steroid dienone is 1.